The number of benzene rings is 1. The van der Waals surface area contributed by atoms with E-state index in [9.17, 15) is 0 Å². The predicted octanol–water partition coefficient (Wildman–Crippen LogP) is 1.74. The van der Waals surface area contributed by atoms with Gasteiger partial charge in [0.15, 0.2) is 11.5 Å². The van der Waals surface area contributed by atoms with E-state index in [1.807, 2.05) is 13.8 Å². The van der Waals surface area contributed by atoms with E-state index in [0.717, 1.165) is 0 Å². The maximum atomic E-state index is 6.15. The number of rotatable bonds is 5. The maximum Gasteiger partial charge on any atom is 0.211 e. The normalized spacial score (nSPS) is 10.8. The Hall–Kier alpha value is -1.95. The molecule has 0 unspecified atom stereocenters. The quantitative estimate of drug-likeness (QED) is 0.489. The van der Waals surface area contributed by atoms with Crippen molar-refractivity contribution in [1.29, 1.82) is 0 Å². The minimum absolute atomic E-state index is 0.00689. The van der Waals surface area contributed by atoms with Crippen molar-refractivity contribution in [3.05, 3.63) is 22.7 Å². The number of halogens is 1. The summed E-state index contributed by atoms with van der Waals surface area (Å²) in [4.78, 5) is 0. The van der Waals surface area contributed by atoms with Crippen LogP contribution in [-0.4, -0.2) is 25.4 Å². The van der Waals surface area contributed by atoms with Crippen LogP contribution in [0.25, 0.3) is 0 Å². The van der Waals surface area contributed by atoms with Gasteiger partial charge in [0.1, 0.15) is 0 Å². The number of guanidine groups is 1. The third kappa shape index (κ3) is 4.67. The highest BCUT2D eigenvalue weighted by atomic mass is 35.5. The van der Waals surface area contributed by atoms with Gasteiger partial charge in [0.2, 0.25) is 5.96 Å². The molecule has 0 bridgehead atoms. The van der Waals surface area contributed by atoms with Crippen LogP contribution in [0, 0.1) is 0 Å². The fourth-order valence-corrected chi connectivity index (χ4v) is 1.59. The van der Waals surface area contributed by atoms with Crippen molar-refractivity contribution in [3.63, 3.8) is 0 Å². The van der Waals surface area contributed by atoms with Gasteiger partial charge in [-0.1, -0.05) is 11.6 Å². The second-order valence-electron chi connectivity index (χ2n) is 3.97. The van der Waals surface area contributed by atoms with Crippen LogP contribution in [0.3, 0.4) is 0 Å². The van der Waals surface area contributed by atoms with Crippen molar-refractivity contribution >= 4 is 23.8 Å². The average molecular weight is 285 g/mol. The van der Waals surface area contributed by atoms with Crippen LogP contribution in [0.15, 0.2) is 22.3 Å². The van der Waals surface area contributed by atoms with Gasteiger partial charge < -0.3 is 20.9 Å². The minimum Gasteiger partial charge on any atom is -0.493 e. The Morgan fingerprint density at radius 3 is 2.58 bits per heavy atom. The second-order valence-corrected chi connectivity index (χ2v) is 4.38. The Morgan fingerprint density at radius 2 is 2.05 bits per heavy atom. The van der Waals surface area contributed by atoms with E-state index in [1.165, 1.54) is 13.3 Å². The summed E-state index contributed by atoms with van der Waals surface area (Å²) in [5.41, 5.74) is 11.0. The number of hydrogen-bond donors (Lipinski definition) is 2. The second kappa shape index (κ2) is 6.84. The largest absolute Gasteiger partial charge is 0.493 e. The Kier molecular flexibility index (Phi) is 5.44. The van der Waals surface area contributed by atoms with E-state index < -0.39 is 0 Å². The van der Waals surface area contributed by atoms with Crippen molar-refractivity contribution in [2.75, 3.05) is 7.11 Å². The standard InChI is InChI=1S/C12H17ClN4O2/c1-7(2)19-11-9(13)4-8(5-10(11)18-3)6-16-17-12(14)15/h4-7H,1-3H3,(H4,14,15,17)/b16-6+. The van der Waals surface area contributed by atoms with E-state index in [-0.39, 0.29) is 12.1 Å². The third-order valence-corrected chi connectivity index (χ3v) is 2.27. The topological polar surface area (TPSA) is 95.2 Å². The molecule has 104 valence electrons. The molecule has 0 saturated carbocycles. The Labute approximate surface area is 117 Å². The first kappa shape index (κ1) is 15.1. The molecule has 0 amide bonds. The smallest absolute Gasteiger partial charge is 0.211 e. The highest BCUT2D eigenvalue weighted by Crippen LogP contribution is 2.36. The molecule has 1 rings (SSSR count). The number of methoxy groups -OCH3 is 1. The summed E-state index contributed by atoms with van der Waals surface area (Å²) in [5.74, 6) is 0.902. The lowest BCUT2D eigenvalue weighted by Crippen LogP contribution is -2.21. The zero-order chi connectivity index (χ0) is 14.4. The summed E-state index contributed by atoms with van der Waals surface area (Å²) in [5, 5.41) is 7.64. The molecular weight excluding hydrogens is 268 g/mol. The Bertz CT molecular complexity index is 497. The van der Waals surface area contributed by atoms with Gasteiger partial charge in [-0.3, -0.25) is 0 Å². The highest BCUT2D eigenvalue weighted by Gasteiger charge is 2.12. The summed E-state index contributed by atoms with van der Waals surface area (Å²) >= 11 is 6.15. The van der Waals surface area contributed by atoms with E-state index in [4.69, 9.17) is 32.5 Å². The molecule has 1 aromatic carbocycles. The molecule has 0 heterocycles. The molecule has 0 aliphatic rings. The number of nitrogens with zero attached hydrogens (tertiary/aromatic N) is 2. The van der Waals surface area contributed by atoms with E-state index in [2.05, 4.69) is 10.2 Å². The molecule has 6 nitrogen and oxygen atoms in total. The van der Waals surface area contributed by atoms with Crippen molar-refractivity contribution < 1.29 is 9.47 Å². The molecule has 0 atom stereocenters. The van der Waals surface area contributed by atoms with Crippen molar-refractivity contribution in [2.45, 2.75) is 20.0 Å². The van der Waals surface area contributed by atoms with Crippen molar-refractivity contribution in [2.24, 2.45) is 21.7 Å². The van der Waals surface area contributed by atoms with Gasteiger partial charge in [-0.15, -0.1) is 5.10 Å². The first-order valence-corrected chi connectivity index (χ1v) is 5.98. The van der Waals surface area contributed by atoms with Crippen LogP contribution in [0.2, 0.25) is 5.02 Å². The SMILES string of the molecule is COc1cc(/C=N/N=C(N)N)cc(Cl)c1OC(C)C. The summed E-state index contributed by atoms with van der Waals surface area (Å²) < 4.78 is 10.8. The number of nitrogens with two attached hydrogens (primary N) is 2. The van der Waals surface area contributed by atoms with Crippen LogP contribution in [0.1, 0.15) is 19.4 Å². The lowest BCUT2D eigenvalue weighted by molar-refractivity contribution is 0.230. The van der Waals surface area contributed by atoms with E-state index in [0.29, 0.717) is 22.1 Å². The minimum atomic E-state index is -0.117. The maximum absolute atomic E-state index is 6.15. The zero-order valence-corrected chi connectivity index (χ0v) is 11.8. The molecule has 0 aromatic heterocycles. The van der Waals surface area contributed by atoms with Crippen LogP contribution in [-0.2, 0) is 0 Å². The monoisotopic (exact) mass is 284 g/mol. The van der Waals surface area contributed by atoms with Gasteiger partial charge in [0, 0.05) is 5.56 Å². The predicted molar refractivity (Wildman–Crippen MR) is 77.2 cm³/mol. The summed E-state index contributed by atoms with van der Waals surface area (Å²) in [6.45, 7) is 3.81. The Morgan fingerprint density at radius 1 is 1.37 bits per heavy atom. The molecule has 0 fully saturated rings. The molecule has 1 aromatic rings. The molecule has 0 radical (unpaired) electrons. The van der Waals surface area contributed by atoms with E-state index >= 15 is 0 Å². The molecule has 0 saturated heterocycles. The van der Waals surface area contributed by atoms with Gasteiger partial charge in [0.05, 0.1) is 24.5 Å². The third-order valence-electron chi connectivity index (χ3n) is 1.99. The number of ether oxygens (including phenoxy) is 2. The first-order valence-electron chi connectivity index (χ1n) is 5.60. The van der Waals surface area contributed by atoms with Gasteiger partial charge in [0.25, 0.3) is 0 Å². The molecule has 0 aliphatic carbocycles. The van der Waals surface area contributed by atoms with Gasteiger partial charge >= 0.3 is 0 Å². The molecule has 19 heavy (non-hydrogen) atoms. The Balaban J connectivity index is 3.08. The van der Waals surface area contributed by atoms with Crippen LogP contribution >= 0.6 is 11.6 Å². The molecular formula is C12H17ClN4O2. The molecule has 7 heteroatoms. The van der Waals surface area contributed by atoms with Gasteiger partial charge in [-0.05, 0) is 26.0 Å². The number of hydrogen-bond acceptors (Lipinski definition) is 4. The zero-order valence-electron chi connectivity index (χ0n) is 11.1. The van der Waals surface area contributed by atoms with Crippen LogP contribution in [0.4, 0.5) is 0 Å². The molecule has 0 spiro atoms. The van der Waals surface area contributed by atoms with Crippen LogP contribution < -0.4 is 20.9 Å². The summed E-state index contributed by atoms with van der Waals surface area (Å²) in [7, 11) is 1.54. The lowest BCUT2D eigenvalue weighted by Gasteiger charge is -2.15. The van der Waals surface area contributed by atoms with Crippen molar-refractivity contribution in [1.82, 2.24) is 0 Å². The van der Waals surface area contributed by atoms with Gasteiger partial charge in [-0.2, -0.15) is 5.10 Å². The highest BCUT2D eigenvalue weighted by molar-refractivity contribution is 6.32. The fourth-order valence-electron chi connectivity index (χ4n) is 1.33. The summed E-state index contributed by atoms with van der Waals surface area (Å²) in [6.07, 6.45) is 1.46. The average Bonchev–Trinajstić information content (AvgIpc) is 2.31. The first-order chi connectivity index (χ1) is 8.93. The molecule has 0 aliphatic heterocycles. The van der Waals surface area contributed by atoms with Gasteiger partial charge in [-0.25, -0.2) is 0 Å². The lowest BCUT2D eigenvalue weighted by atomic mass is 10.2. The summed E-state index contributed by atoms with van der Waals surface area (Å²) in [6, 6.07) is 3.42. The molecule has 4 N–H and O–H groups in total. The fraction of sp³-hybridized carbons (Fsp3) is 0.333. The van der Waals surface area contributed by atoms with Crippen molar-refractivity contribution in [3.8, 4) is 11.5 Å². The van der Waals surface area contributed by atoms with E-state index in [1.54, 1.807) is 12.1 Å². The van der Waals surface area contributed by atoms with Crippen LogP contribution in [0.5, 0.6) is 11.5 Å².